The van der Waals surface area contributed by atoms with E-state index in [2.05, 4.69) is 23.4 Å². The van der Waals surface area contributed by atoms with Crippen LogP contribution in [0.1, 0.15) is 31.2 Å². The van der Waals surface area contributed by atoms with Crippen molar-refractivity contribution < 1.29 is 9.84 Å². The molecule has 0 aromatic heterocycles. The van der Waals surface area contributed by atoms with Crippen LogP contribution in [0.5, 0.6) is 5.75 Å². The summed E-state index contributed by atoms with van der Waals surface area (Å²) in [6.45, 7) is 0.820. The Balaban J connectivity index is 1.84. The van der Waals surface area contributed by atoms with E-state index < -0.39 is 5.60 Å². The van der Waals surface area contributed by atoms with Crippen molar-refractivity contribution in [1.29, 1.82) is 0 Å². The van der Waals surface area contributed by atoms with Gasteiger partial charge in [0.05, 0.1) is 7.11 Å². The van der Waals surface area contributed by atoms with Crippen LogP contribution in [0.2, 0.25) is 0 Å². The van der Waals surface area contributed by atoms with Gasteiger partial charge in [-0.05, 0) is 49.9 Å². The number of hydrogen-bond donors (Lipinski definition) is 2. The van der Waals surface area contributed by atoms with Crippen LogP contribution < -0.4 is 10.1 Å². The SMILES string of the molecule is C#C[C@@]1(O)CCCC[C@@H]1NCCc1ccc(OC)cc1. The Morgan fingerprint density at radius 3 is 2.80 bits per heavy atom. The molecule has 3 heteroatoms. The van der Waals surface area contributed by atoms with Gasteiger partial charge in [0.1, 0.15) is 11.4 Å². The van der Waals surface area contributed by atoms with Crippen LogP contribution in [0.4, 0.5) is 0 Å². The number of hydrogen-bond acceptors (Lipinski definition) is 3. The molecule has 0 bridgehead atoms. The average Bonchev–Trinajstić information content (AvgIpc) is 2.50. The number of rotatable bonds is 5. The van der Waals surface area contributed by atoms with Crippen molar-refractivity contribution >= 4 is 0 Å². The van der Waals surface area contributed by atoms with E-state index in [0.717, 1.165) is 38.0 Å². The monoisotopic (exact) mass is 273 g/mol. The highest BCUT2D eigenvalue weighted by molar-refractivity contribution is 5.27. The van der Waals surface area contributed by atoms with Crippen LogP contribution in [-0.2, 0) is 6.42 Å². The molecule has 1 aliphatic rings. The van der Waals surface area contributed by atoms with Gasteiger partial charge in [-0.25, -0.2) is 0 Å². The van der Waals surface area contributed by atoms with E-state index in [1.54, 1.807) is 7.11 Å². The van der Waals surface area contributed by atoms with Crippen LogP contribution in [-0.4, -0.2) is 30.4 Å². The van der Waals surface area contributed by atoms with Gasteiger partial charge < -0.3 is 15.2 Å². The lowest BCUT2D eigenvalue weighted by molar-refractivity contribution is 0.0265. The van der Waals surface area contributed by atoms with Crippen molar-refractivity contribution in [3.63, 3.8) is 0 Å². The molecule has 108 valence electrons. The topological polar surface area (TPSA) is 41.5 Å². The minimum absolute atomic E-state index is 0.0134. The zero-order valence-corrected chi connectivity index (χ0v) is 12.1. The van der Waals surface area contributed by atoms with Gasteiger partial charge in [-0.3, -0.25) is 0 Å². The molecule has 1 aromatic rings. The summed E-state index contributed by atoms with van der Waals surface area (Å²) in [6, 6.07) is 8.07. The molecule has 0 spiro atoms. The second-order valence-electron chi connectivity index (χ2n) is 5.42. The van der Waals surface area contributed by atoms with Gasteiger partial charge in [-0.2, -0.15) is 0 Å². The first-order chi connectivity index (χ1) is 9.68. The van der Waals surface area contributed by atoms with Gasteiger partial charge in [-0.1, -0.05) is 24.5 Å². The van der Waals surface area contributed by atoms with Crippen molar-refractivity contribution in [1.82, 2.24) is 5.32 Å². The Labute approximate surface area is 121 Å². The van der Waals surface area contributed by atoms with Gasteiger partial charge in [0.2, 0.25) is 0 Å². The summed E-state index contributed by atoms with van der Waals surface area (Å²) in [6.07, 6.45) is 10.2. The van der Waals surface area contributed by atoms with Crippen molar-refractivity contribution in [2.75, 3.05) is 13.7 Å². The highest BCUT2D eigenvalue weighted by Gasteiger charge is 2.36. The normalized spacial score (nSPS) is 25.9. The molecule has 0 radical (unpaired) electrons. The molecule has 0 heterocycles. The van der Waals surface area contributed by atoms with Crippen molar-refractivity contribution in [3.8, 4) is 18.1 Å². The molecule has 1 fully saturated rings. The number of benzene rings is 1. The predicted octanol–water partition coefficient (Wildman–Crippen LogP) is 2.13. The van der Waals surface area contributed by atoms with Crippen molar-refractivity contribution in [3.05, 3.63) is 29.8 Å². The number of terminal acetylenes is 1. The molecule has 0 unspecified atom stereocenters. The van der Waals surface area contributed by atoms with E-state index in [9.17, 15) is 5.11 Å². The number of methoxy groups -OCH3 is 1. The number of ether oxygens (including phenoxy) is 1. The lowest BCUT2D eigenvalue weighted by atomic mass is 9.81. The molecular formula is C17H23NO2. The van der Waals surface area contributed by atoms with Crippen LogP contribution in [0, 0.1) is 12.3 Å². The Bertz CT molecular complexity index is 463. The predicted molar refractivity (Wildman–Crippen MR) is 80.7 cm³/mol. The Morgan fingerprint density at radius 2 is 2.15 bits per heavy atom. The molecule has 0 saturated heterocycles. The van der Waals surface area contributed by atoms with E-state index in [1.165, 1.54) is 5.56 Å². The second-order valence-corrected chi connectivity index (χ2v) is 5.42. The maximum absolute atomic E-state index is 10.4. The first kappa shape index (κ1) is 14.9. The van der Waals surface area contributed by atoms with E-state index >= 15 is 0 Å². The quantitative estimate of drug-likeness (QED) is 0.808. The van der Waals surface area contributed by atoms with Gasteiger partial charge in [0, 0.05) is 6.04 Å². The first-order valence-corrected chi connectivity index (χ1v) is 7.24. The van der Waals surface area contributed by atoms with Crippen molar-refractivity contribution in [2.45, 2.75) is 43.7 Å². The third-order valence-corrected chi connectivity index (χ3v) is 4.09. The molecular weight excluding hydrogens is 250 g/mol. The summed E-state index contributed by atoms with van der Waals surface area (Å²) in [5.74, 6) is 3.44. The van der Waals surface area contributed by atoms with Gasteiger partial charge in [-0.15, -0.1) is 6.42 Å². The summed E-state index contributed by atoms with van der Waals surface area (Å²) < 4.78 is 5.14. The Hall–Kier alpha value is -1.50. The van der Waals surface area contributed by atoms with E-state index in [0.29, 0.717) is 6.42 Å². The molecule has 0 amide bonds. The Kier molecular flexibility index (Phi) is 5.05. The van der Waals surface area contributed by atoms with Crippen LogP contribution in [0.3, 0.4) is 0 Å². The smallest absolute Gasteiger partial charge is 0.140 e. The molecule has 1 aliphatic carbocycles. The number of nitrogens with one attached hydrogen (secondary N) is 1. The van der Waals surface area contributed by atoms with Crippen molar-refractivity contribution in [2.24, 2.45) is 0 Å². The molecule has 2 rings (SSSR count). The average molecular weight is 273 g/mol. The van der Waals surface area contributed by atoms with Crippen LogP contribution in [0.15, 0.2) is 24.3 Å². The maximum Gasteiger partial charge on any atom is 0.140 e. The fourth-order valence-electron chi connectivity index (χ4n) is 2.78. The summed E-state index contributed by atoms with van der Waals surface area (Å²) in [7, 11) is 1.67. The minimum atomic E-state index is -0.974. The first-order valence-electron chi connectivity index (χ1n) is 7.24. The molecule has 20 heavy (non-hydrogen) atoms. The lowest BCUT2D eigenvalue weighted by Crippen LogP contribution is -2.52. The van der Waals surface area contributed by atoms with Crippen LogP contribution in [0.25, 0.3) is 0 Å². The summed E-state index contributed by atoms with van der Waals surface area (Å²) in [5.41, 5.74) is 0.274. The van der Waals surface area contributed by atoms with E-state index in [4.69, 9.17) is 11.2 Å². The summed E-state index contributed by atoms with van der Waals surface area (Å²) in [5, 5.41) is 13.8. The third kappa shape index (κ3) is 3.53. The Morgan fingerprint density at radius 1 is 1.40 bits per heavy atom. The highest BCUT2D eigenvalue weighted by atomic mass is 16.5. The van der Waals surface area contributed by atoms with E-state index in [-0.39, 0.29) is 6.04 Å². The third-order valence-electron chi connectivity index (χ3n) is 4.09. The van der Waals surface area contributed by atoms with Gasteiger partial charge in [0.15, 0.2) is 0 Å². The van der Waals surface area contributed by atoms with Crippen LogP contribution >= 0.6 is 0 Å². The fraction of sp³-hybridized carbons (Fsp3) is 0.529. The minimum Gasteiger partial charge on any atom is -0.497 e. The highest BCUT2D eigenvalue weighted by Crippen LogP contribution is 2.27. The molecule has 3 nitrogen and oxygen atoms in total. The maximum atomic E-state index is 10.4. The summed E-state index contributed by atoms with van der Waals surface area (Å²) in [4.78, 5) is 0. The molecule has 2 N–H and O–H groups in total. The molecule has 2 atom stereocenters. The largest absolute Gasteiger partial charge is 0.497 e. The summed E-state index contributed by atoms with van der Waals surface area (Å²) >= 11 is 0. The standard InChI is InChI=1S/C17H23NO2/c1-3-17(19)12-5-4-6-16(17)18-13-11-14-7-9-15(20-2)10-8-14/h1,7-10,16,18-19H,4-6,11-13H2,2H3/t16-,17+/m0/s1. The van der Waals surface area contributed by atoms with Gasteiger partial charge in [0.25, 0.3) is 0 Å². The molecule has 1 aromatic carbocycles. The molecule has 1 saturated carbocycles. The van der Waals surface area contributed by atoms with Gasteiger partial charge >= 0.3 is 0 Å². The zero-order valence-electron chi connectivity index (χ0n) is 12.1. The second kappa shape index (κ2) is 6.78. The lowest BCUT2D eigenvalue weighted by Gasteiger charge is -2.36. The zero-order chi connectivity index (χ0) is 14.4. The molecule has 0 aliphatic heterocycles. The van der Waals surface area contributed by atoms with E-state index in [1.807, 2.05) is 12.1 Å². The number of aliphatic hydroxyl groups is 1. The fourth-order valence-corrected chi connectivity index (χ4v) is 2.78.